The van der Waals surface area contributed by atoms with Gasteiger partial charge in [-0.25, -0.2) is 8.42 Å². The van der Waals surface area contributed by atoms with Crippen molar-refractivity contribution in [3.63, 3.8) is 0 Å². The molecule has 1 aliphatic carbocycles. The van der Waals surface area contributed by atoms with Gasteiger partial charge in [-0.1, -0.05) is 42.0 Å². The maximum atomic E-state index is 13.3. The number of benzene rings is 2. The Balaban J connectivity index is 1.67. The highest BCUT2D eigenvalue weighted by Gasteiger charge is 2.45. The number of carbonyl (C=O) groups is 1. The van der Waals surface area contributed by atoms with Crippen molar-refractivity contribution in [1.29, 1.82) is 0 Å². The van der Waals surface area contributed by atoms with Gasteiger partial charge in [0.15, 0.2) is 0 Å². The number of rotatable bonds is 5. The lowest BCUT2D eigenvalue weighted by molar-refractivity contribution is -0.120. The SMILES string of the molecule is COc1ccc(S(=O)(=O)N2CC=C3CC(=O)CCC3(Cc3ccccc3)C2)cc1. The molecule has 1 heterocycles. The van der Waals surface area contributed by atoms with E-state index >= 15 is 0 Å². The summed E-state index contributed by atoms with van der Waals surface area (Å²) in [4.78, 5) is 12.3. The van der Waals surface area contributed by atoms with E-state index in [4.69, 9.17) is 4.74 Å². The molecule has 29 heavy (non-hydrogen) atoms. The molecule has 6 heteroatoms. The third-order valence-corrected chi connectivity index (χ3v) is 7.88. The second-order valence-electron chi connectivity index (χ2n) is 7.86. The van der Waals surface area contributed by atoms with Gasteiger partial charge in [-0.15, -0.1) is 0 Å². The monoisotopic (exact) mass is 411 g/mol. The summed E-state index contributed by atoms with van der Waals surface area (Å²) in [5, 5.41) is 0. The van der Waals surface area contributed by atoms with Gasteiger partial charge >= 0.3 is 0 Å². The van der Waals surface area contributed by atoms with Gasteiger partial charge in [0, 0.05) is 31.3 Å². The average molecular weight is 412 g/mol. The van der Waals surface area contributed by atoms with Crippen LogP contribution in [0.3, 0.4) is 0 Å². The minimum atomic E-state index is -3.63. The molecule has 152 valence electrons. The molecule has 0 saturated heterocycles. The van der Waals surface area contributed by atoms with Crippen molar-refractivity contribution in [2.45, 2.75) is 30.6 Å². The number of hydrogen-bond donors (Lipinski definition) is 0. The molecule has 0 spiro atoms. The fourth-order valence-corrected chi connectivity index (χ4v) is 5.90. The van der Waals surface area contributed by atoms with Crippen LogP contribution in [0.15, 0.2) is 71.1 Å². The maximum Gasteiger partial charge on any atom is 0.243 e. The number of hydrogen-bond acceptors (Lipinski definition) is 4. The van der Waals surface area contributed by atoms with Crippen molar-refractivity contribution in [2.24, 2.45) is 5.41 Å². The predicted octanol–water partition coefficient (Wildman–Crippen LogP) is 3.61. The number of fused-ring (bicyclic) bond motifs is 1. The molecular weight excluding hydrogens is 386 g/mol. The highest BCUT2D eigenvalue weighted by Crippen LogP contribution is 2.46. The van der Waals surface area contributed by atoms with Crippen LogP contribution in [-0.2, 0) is 21.2 Å². The van der Waals surface area contributed by atoms with E-state index in [1.54, 1.807) is 35.7 Å². The van der Waals surface area contributed by atoms with Crippen LogP contribution in [0.1, 0.15) is 24.8 Å². The van der Waals surface area contributed by atoms with Gasteiger partial charge in [0.1, 0.15) is 11.5 Å². The van der Waals surface area contributed by atoms with Gasteiger partial charge < -0.3 is 4.74 Å². The largest absolute Gasteiger partial charge is 0.497 e. The quantitative estimate of drug-likeness (QED) is 0.705. The summed E-state index contributed by atoms with van der Waals surface area (Å²) >= 11 is 0. The first kappa shape index (κ1) is 19.9. The van der Waals surface area contributed by atoms with Crippen LogP contribution in [0.5, 0.6) is 5.75 Å². The fourth-order valence-electron chi connectivity index (χ4n) is 4.44. The fraction of sp³-hybridized carbons (Fsp3) is 0.348. The Morgan fingerprint density at radius 3 is 2.48 bits per heavy atom. The summed E-state index contributed by atoms with van der Waals surface area (Å²) in [7, 11) is -2.08. The minimum Gasteiger partial charge on any atom is -0.497 e. The number of Topliss-reactive ketones (excluding diaryl/α,β-unsaturated/α-hetero) is 1. The summed E-state index contributed by atoms with van der Waals surface area (Å²) in [5.41, 5.74) is 1.93. The number of ether oxygens (including phenoxy) is 1. The summed E-state index contributed by atoms with van der Waals surface area (Å²) in [6.45, 7) is 0.697. The third kappa shape index (κ3) is 3.87. The van der Waals surface area contributed by atoms with Crippen molar-refractivity contribution in [2.75, 3.05) is 20.2 Å². The Kier molecular flexibility index (Phi) is 5.32. The average Bonchev–Trinajstić information content (AvgIpc) is 2.74. The van der Waals surface area contributed by atoms with Crippen LogP contribution in [-0.4, -0.2) is 38.7 Å². The normalized spacial score (nSPS) is 22.7. The van der Waals surface area contributed by atoms with E-state index in [-0.39, 0.29) is 16.1 Å². The highest BCUT2D eigenvalue weighted by atomic mass is 32.2. The lowest BCUT2D eigenvalue weighted by Crippen LogP contribution is -2.49. The molecule has 1 atom stereocenters. The molecule has 1 aliphatic heterocycles. The topological polar surface area (TPSA) is 63.7 Å². The number of carbonyl (C=O) groups excluding carboxylic acids is 1. The second-order valence-corrected chi connectivity index (χ2v) is 9.80. The van der Waals surface area contributed by atoms with E-state index in [1.165, 1.54) is 0 Å². The summed E-state index contributed by atoms with van der Waals surface area (Å²) < 4.78 is 33.3. The molecule has 5 nitrogen and oxygen atoms in total. The van der Waals surface area contributed by atoms with E-state index in [0.29, 0.717) is 38.1 Å². The Morgan fingerprint density at radius 1 is 1.07 bits per heavy atom. The summed E-state index contributed by atoms with van der Waals surface area (Å²) in [5.74, 6) is 0.863. The smallest absolute Gasteiger partial charge is 0.243 e. The van der Waals surface area contributed by atoms with Crippen molar-refractivity contribution in [3.05, 3.63) is 71.8 Å². The zero-order valence-corrected chi connectivity index (χ0v) is 17.3. The standard InChI is InChI=1S/C23H25NO4S/c1-28-21-7-9-22(10-8-21)29(26,27)24-14-12-19-15-20(25)11-13-23(19,17-24)16-18-5-3-2-4-6-18/h2-10,12H,11,13-17H2,1H3. The molecule has 0 N–H and O–H groups in total. The Labute approximate surface area is 172 Å². The van der Waals surface area contributed by atoms with E-state index in [9.17, 15) is 13.2 Å². The van der Waals surface area contributed by atoms with Crippen molar-refractivity contribution in [3.8, 4) is 5.75 Å². The molecule has 0 aromatic heterocycles. The molecule has 0 amide bonds. The van der Waals surface area contributed by atoms with Gasteiger partial charge in [-0.2, -0.15) is 4.31 Å². The van der Waals surface area contributed by atoms with Crippen LogP contribution >= 0.6 is 0 Å². The molecule has 0 radical (unpaired) electrons. The van der Waals surface area contributed by atoms with Crippen LogP contribution in [0, 0.1) is 5.41 Å². The first-order chi connectivity index (χ1) is 13.9. The summed E-state index contributed by atoms with van der Waals surface area (Å²) in [6.07, 6.45) is 4.32. The van der Waals surface area contributed by atoms with Crippen molar-refractivity contribution < 1.29 is 17.9 Å². The van der Waals surface area contributed by atoms with Crippen LogP contribution in [0.4, 0.5) is 0 Å². The molecule has 1 saturated carbocycles. The Morgan fingerprint density at radius 2 is 1.79 bits per heavy atom. The number of sulfonamides is 1. The number of nitrogens with zero attached hydrogens (tertiary/aromatic N) is 1. The lowest BCUT2D eigenvalue weighted by Gasteiger charge is -2.45. The van der Waals surface area contributed by atoms with E-state index in [0.717, 1.165) is 17.6 Å². The first-order valence-electron chi connectivity index (χ1n) is 9.82. The number of methoxy groups -OCH3 is 1. The van der Waals surface area contributed by atoms with Crippen LogP contribution in [0.2, 0.25) is 0 Å². The van der Waals surface area contributed by atoms with Gasteiger partial charge in [-0.05, 0) is 42.7 Å². The zero-order chi connectivity index (χ0) is 20.5. The summed E-state index contributed by atoms with van der Waals surface area (Å²) in [6, 6.07) is 16.6. The van der Waals surface area contributed by atoms with Gasteiger partial charge in [-0.3, -0.25) is 4.79 Å². The maximum absolute atomic E-state index is 13.3. The van der Waals surface area contributed by atoms with E-state index in [1.807, 2.05) is 24.3 Å². The molecule has 1 fully saturated rings. The van der Waals surface area contributed by atoms with Crippen molar-refractivity contribution in [1.82, 2.24) is 4.31 Å². The van der Waals surface area contributed by atoms with Crippen LogP contribution in [0.25, 0.3) is 0 Å². The first-order valence-corrected chi connectivity index (χ1v) is 11.3. The lowest BCUT2D eigenvalue weighted by atomic mass is 9.65. The third-order valence-electron chi connectivity index (χ3n) is 6.05. The molecule has 4 rings (SSSR count). The van der Waals surface area contributed by atoms with Crippen LogP contribution < -0.4 is 4.74 Å². The van der Waals surface area contributed by atoms with Gasteiger partial charge in [0.2, 0.25) is 10.0 Å². The van der Waals surface area contributed by atoms with Crippen molar-refractivity contribution >= 4 is 15.8 Å². The molecule has 2 aromatic carbocycles. The van der Waals surface area contributed by atoms with Gasteiger partial charge in [0.25, 0.3) is 0 Å². The molecular formula is C23H25NO4S. The van der Waals surface area contributed by atoms with Gasteiger partial charge in [0.05, 0.1) is 12.0 Å². The van der Waals surface area contributed by atoms with E-state index in [2.05, 4.69) is 12.1 Å². The molecule has 1 unspecified atom stereocenters. The Bertz CT molecular complexity index is 1030. The second kappa shape index (κ2) is 7.76. The number of ketones is 1. The highest BCUT2D eigenvalue weighted by molar-refractivity contribution is 7.89. The molecule has 0 bridgehead atoms. The zero-order valence-electron chi connectivity index (χ0n) is 16.5. The minimum absolute atomic E-state index is 0.242. The van der Waals surface area contributed by atoms with E-state index < -0.39 is 10.0 Å². The molecule has 2 aliphatic rings. The predicted molar refractivity (Wildman–Crippen MR) is 111 cm³/mol. The Hall–Kier alpha value is -2.44. The molecule has 2 aromatic rings.